The van der Waals surface area contributed by atoms with Gasteiger partial charge in [0.15, 0.2) is 0 Å². The van der Waals surface area contributed by atoms with Crippen LogP contribution in [0, 0.1) is 0 Å². The molecular formula is C10H22N2O. The highest BCUT2D eigenvalue weighted by molar-refractivity contribution is 4.84. The minimum atomic E-state index is -0.104. The van der Waals surface area contributed by atoms with Crippen LogP contribution < -0.4 is 5.73 Å². The zero-order chi connectivity index (χ0) is 10.1. The minimum Gasteiger partial charge on any atom is -0.373 e. The summed E-state index contributed by atoms with van der Waals surface area (Å²) in [5, 5.41) is 0. The lowest BCUT2D eigenvalue weighted by Gasteiger charge is -2.40. The van der Waals surface area contributed by atoms with E-state index in [2.05, 4.69) is 32.6 Å². The predicted octanol–water partition coefficient (Wildman–Crippen LogP) is 0.834. The van der Waals surface area contributed by atoms with Crippen LogP contribution in [0.5, 0.6) is 0 Å². The first-order valence-electron chi connectivity index (χ1n) is 4.94. The molecule has 78 valence electrons. The molecule has 0 aromatic heterocycles. The van der Waals surface area contributed by atoms with E-state index in [1.165, 1.54) is 0 Å². The monoisotopic (exact) mass is 186 g/mol. The average Bonchev–Trinajstić information content (AvgIpc) is 1.79. The first kappa shape index (κ1) is 11.0. The molecule has 13 heavy (non-hydrogen) atoms. The summed E-state index contributed by atoms with van der Waals surface area (Å²) in [4.78, 5) is 2.38. The molecule has 0 saturated carbocycles. The van der Waals surface area contributed by atoms with Crippen LogP contribution >= 0.6 is 0 Å². The van der Waals surface area contributed by atoms with Gasteiger partial charge in [-0.05, 0) is 27.7 Å². The van der Waals surface area contributed by atoms with Crippen molar-refractivity contribution in [3.63, 3.8) is 0 Å². The van der Waals surface area contributed by atoms with Crippen molar-refractivity contribution in [2.24, 2.45) is 5.73 Å². The third-order valence-electron chi connectivity index (χ3n) is 2.14. The molecule has 0 atom stereocenters. The van der Waals surface area contributed by atoms with Crippen molar-refractivity contribution in [3.8, 4) is 0 Å². The molecule has 1 aliphatic rings. The Hall–Kier alpha value is -0.120. The molecular weight excluding hydrogens is 164 g/mol. The molecule has 0 amide bonds. The van der Waals surface area contributed by atoms with Crippen molar-refractivity contribution in [1.82, 2.24) is 4.90 Å². The van der Waals surface area contributed by atoms with Crippen molar-refractivity contribution in [1.29, 1.82) is 0 Å². The van der Waals surface area contributed by atoms with E-state index in [0.717, 1.165) is 26.2 Å². The second-order valence-corrected chi connectivity index (χ2v) is 5.31. The largest absolute Gasteiger partial charge is 0.373 e. The lowest BCUT2D eigenvalue weighted by Crippen LogP contribution is -2.54. The van der Waals surface area contributed by atoms with E-state index in [0.29, 0.717) is 0 Å². The summed E-state index contributed by atoms with van der Waals surface area (Å²) < 4.78 is 5.63. The quantitative estimate of drug-likeness (QED) is 0.694. The van der Waals surface area contributed by atoms with E-state index < -0.39 is 0 Å². The van der Waals surface area contributed by atoms with Crippen LogP contribution in [0.2, 0.25) is 0 Å². The van der Waals surface area contributed by atoms with E-state index in [1.54, 1.807) is 0 Å². The van der Waals surface area contributed by atoms with E-state index >= 15 is 0 Å². The van der Waals surface area contributed by atoms with Crippen LogP contribution in [0.25, 0.3) is 0 Å². The predicted molar refractivity (Wildman–Crippen MR) is 54.7 cm³/mol. The number of nitrogens with two attached hydrogens (primary N) is 1. The van der Waals surface area contributed by atoms with Crippen molar-refractivity contribution in [2.45, 2.75) is 38.8 Å². The highest BCUT2D eigenvalue weighted by Gasteiger charge is 2.29. The van der Waals surface area contributed by atoms with E-state index in [1.807, 2.05) is 0 Å². The summed E-state index contributed by atoms with van der Waals surface area (Å²) in [7, 11) is 0. The summed E-state index contributed by atoms with van der Waals surface area (Å²) in [6.07, 6.45) is 0. The van der Waals surface area contributed by atoms with E-state index in [-0.39, 0.29) is 11.1 Å². The van der Waals surface area contributed by atoms with Gasteiger partial charge in [0.2, 0.25) is 0 Å². The summed E-state index contributed by atoms with van der Waals surface area (Å²) in [6.45, 7) is 12.1. The van der Waals surface area contributed by atoms with Crippen molar-refractivity contribution >= 4 is 0 Å². The van der Waals surface area contributed by atoms with Gasteiger partial charge in [0.05, 0.1) is 12.2 Å². The molecule has 0 unspecified atom stereocenters. The van der Waals surface area contributed by atoms with Crippen LogP contribution in [-0.2, 0) is 4.74 Å². The third kappa shape index (κ3) is 4.07. The fourth-order valence-corrected chi connectivity index (χ4v) is 1.83. The molecule has 1 aliphatic heterocycles. The summed E-state index contributed by atoms with van der Waals surface area (Å²) in [5.41, 5.74) is 5.86. The maximum absolute atomic E-state index is 5.97. The summed E-state index contributed by atoms with van der Waals surface area (Å²) in [6, 6.07) is 0. The van der Waals surface area contributed by atoms with Gasteiger partial charge in [-0.2, -0.15) is 0 Å². The van der Waals surface area contributed by atoms with E-state index in [4.69, 9.17) is 10.5 Å². The smallest absolute Gasteiger partial charge is 0.0753 e. The lowest BCUT2D eigenvalue weighted by molar-refractivity contribution is -0.0890. The van der Waals surface area contributed by atoms with Gasteiger partial charge in [-0.3, -0.25) is 4.90 Å². The number of morpholine rings is 1. The number of ether oxygens (including phenoxy) is 1. The Kier molecular flexibility index (Phi) is 3.00. The molecule has 3 heteroatoms. The SMILES string of the molecule is CC(C)(N)CN1CCOC(C)(C)C1. The van der Waals surface area contributed by atoms with Crippen molar-refractivity contribution in [3.05, 3.63) is 0 Å². The maximum Gasteiger partial charge on any atom is 0.0753 e. The summed E-state index contributed by atoms with van der Waals surface area (Å²) >= 11 is 0. The molecule has 3 nitrogen and oxygen atoms in total. The highest BCUT2D eigenvalue weighted by Crippen LogP contribution is 2.17. The molecule has 0 bridgehead atoms. The molecule has 1 saturated heterocycles. The van der Waals surface area contributed by atoms with Gasteiger partial charge < -0.3 is 10.5 Å². The first-order valence-corrected chi connectivity index (χ1v) is 4.94. The van der Waals surface area contributed by atoms with Crippen LogP contribution in [0.15, 0.2) is 0 Å². The Bertz CT molecular complexity index is 170. The van der Waals surface area contributed by atoms with Crippen molar-refractivity contribution in [2.75, 3.05) is 26.2 Å². The number of rotatable bonds is 2. The highest BCUT2D eigenvalue weighted by atomic mass is 16.5. The molecule has 2 N–H and O–H groups in total. The Balaban J connectivity index is 2.44. The Labute approximate surface area is 81.2 Å². The maximum atomic E-state index is 5.97. The zero-order valence-corrected chi connectivity index (χ0v) is 9.26. The van der Waals surface area contributed by atoms with Gasteiger partial charge in [-0.25, -0.2) is 0 Å². The number of hydrogen-bond donors (Lipinski definition) is 1. The number of hydrogen-bond acceptors (Lipinski definition) is 3. The average molecular weight is 186 g/mol. The first-order chi connectivity index (χ1) is 5.79. The normalized spacial score (nSPS) is 24.7. The van der Waals surface area contributed by atoms with E-state index in [9.17, 15) is 0 Å². The van der Waals surface area contributed by atoms with Crippen LogP contribution in [0.4, 0.5) is 0 Å². The molecule has 1 rings (SSSR count). The molecule has 0 aliphatic carbocycles. The van der Waals surface area contributed by atoms with Gasteiger partial charge in [0.1, 0.15) is 0 Å². The topological polar surface area (TPSA) is 38.5 Å². The second-order valence-electron chi connectivity index (χ2n) is 5.31. The molecule has 1 heterocycles. The zero-order valence-electron chi connectivity index (χ0n) is 9.26. The fourth-order valence-electron chi connectivity index (χ4n) is 1.83. The summed E-state index contributed by atoms with van der Waals surface area (Å²) in [5.74, 6) is 0. The standard InChI is InChI=1S/C10H22N2O/c1-9(2,11)7-12-5-6-13-10(3,4)8-12/h5-8,11H2,1-4H3. The third-order valence-corrected chi connectivity index (χ3v) is 2.14. The van der Waals surface area contributed by atoms with Crippen LogP contribution in [0.3, 0.4) is 0 Å². The minimum absolute atomic E-state index is 0.0104. The van der Waals surface area contributed by atoms with Gasteiger partial charge in [-0.15, -0.1) is 0 Å². The van der Waals surface area contributed by atoms with Crippen LogP contribution in [-0.4, -0.2) is 42.3 Å². The molecule has 1 fully saturated rings. The van der Waals surface area contributed by atoms with Gasteiger partial charge >= 0.3 is 0 Å². The van der Waals surface area contributed by atoms with Gasteiger partial charge in [0, 0.05) is 25.2 Å². The molecule has 0 radical (unpaired) electrons. The lowest BCUT2D eigenvalue weighted by atomic mass is 10.0. The second kappa shape index (κ2) is 3.56. The molecule has 0 aromatic carbocycles. The number of nitrogens with zero attached hydrogens (tertiary/aromatic N) is 1. The molecule has 0 aromatic rings. The van der Waals surface area contributed by atoms with Gasteiger partial charge in [0.25, 0.3) is 0 Å². The van der Waals surface area contributed by atoms with Crippen LogP contribution in [0.1, 0.15) is 27.7 Å². The van der Waals surface area contributed by atoms with Gasteiger partial charge in [-0.1, -0.05) is 0 Å². The Morgan fingerprint density at radius 3 is 2.54 bits per heavy atom. The van der Waals surface area contributed by atoms with Crippen molar-refractivity contribution < 1.29 is 4.74 Å². The Morgan fingerprint density at radius 1 is 1.46 bits per heavy atom. The fraction of sp³-hybridized carbons (Fsp3) is 1.00. The molecule has 0 spiro atoms. The Morgan fingerprint density at radius 2 is 2.08 bits per heavy atom.